The molecule has 0 unspecified atom stereocenters. The largest absolute Gasteiger partial charge is 0.506 e. The Kier molecular flexibility index (Phi) is 2.08. The Morgan fingerprint density at radius 3 is 2.50 bits per heavy atom. The molecule has 0 bridgehead atoms. The van der Waals surface area contributed by atoms with Crippen LogP contribution in [0.1, 0.15) is 5.56 Å². The number of aryl methyl sites for hydroxylation is 2. The van der Waals surface area contributed by atoms with Crippen molar-refractivity contribution < 1.29 is 5.11 Å². The molecule has 2 heterocycles. The maximum absolute atomic E-state index is 11.8. The molecule has 2 aromatic rings. The molecule has 16 heavy (non-hydrogen) atoms. The molecule has 0 aliphatic heterocycles. The van der Waals surface area contributed by atoms with Crippen molar-refractivity contribution in [1.82, 2.24) is 14.1 Å². The second kappa shape index (κ2) is 3.19. The van der Waals surface area contributed by atoms with E-state index in [-0.39, 0.29) is 33.5 Å². The van der Waals surface area contributed by atoms with E-state index in [4.69, 9.17) is 0 Å². The van der Waals surface area contributed by atoms with E-state index in [9.17, 15) is 14.7 Å². The quantitative estimate of drug-likeness (QED) is 0.659. The second-order valence-electron chi connectivity index (χ2n) is 3.70. The van der Waals surface area contributed by atoms with Gasteiger partial charge in [0.15, 0.2) is 5.65 Å². The lowest BCUT2D eigenvalue weighted by Crippen LogP contribution is -2.25. The molecule has 2 rings (SSSR count). The van der Waals surface area contributed by atoms with Gasteiger partial charge in [-0.3, -0.25) is 14.2 Å². The van der Waals surface area contributed by atoms with Gasteiger partial charge in [-0.2, -0.15) is 0 Å². The topological polar surface area (TPSA) is 77.1 Å². The van der Waals surface area contributed by atoms with Crippen molar-refractivity contribution in [3.05, 3.63) is 32.6 Å². The molecule has 0 aliphatic rings. The number of aromatic nitrogens is 3. The number of nitrogens with zero attached hydrogens (tertiary/aromatic N) is 3. The van der Waals surface area contributed by atoms with Gasteiger partial charge in [0.05, 0.1) is 11.9 Å². The van der Waals surface area contributed by atoms with Crippen LogP contribution in [0, 0.1) is 6.92 Å². The summed E-state index contributed by atoms with van der Waals surface area (Å²) >= 11 is 0. The predicted molar refractivity (Wildman–Crippen MR) is 58.6 cm³/mol. The molecule has 6 nitrogen and oxygen atoms in total. The van der Waals surface area contributed by atoms with Crippen molar-refractivity contribution in [2.75, 3.05) is 0 Å². The van der Waals surface area contributed by atoms with E-state index in [0.717, 1.165) is 0 Å². The molecule has 84 valence electrons. The third-order valence-electron chi connectivity index (χ3n) is 2.65. The van der Waals surface area contributed by atoms with Gasteiger partial charge in [0.25, 0.3) is 11.1 Å². The van der Waals surface area contributed by atoms with Gasteiger partial charge >= 0.3 is 0 Å². The summed E-state index contributed by atoms with van der Waals surface area (Å²) in [7, 11) is 3.05. The third kappa shape index (κ3) is 1.16. The number of hydrogen-bond acceptors (Lipinski definition) is 4. The third-order valence-corrected chi connectivity index (χ3v) is 2.65. The first kappa shape index (κ1) is 10.4. The monoisotopic (exact) mass is 221 g/mol. The minimum Gasteiger partial charge on any atom is -0.506 e. The van der Waals surface area contributed by atoms with Crippen LogP contribution < -0.4 is 11.1 Å². The number of hydrogen-bond donors (Lipinski definition) is 1. The van der Waals surface area contributed by atoms with Crippen molar-refractivity contribution in [3.63, 3.8) is 0 Å². The lowest BCUT2D eigenvalue weighted by molar-refractivity contribution is 0.473. The molecule has 0 spiro atoms. The summed E-state index contributed by atoms with van der Waals surface area (Å²) in [5, 5.41) is 9.88. The van der Waals surface area contributed by atoms with Crippen LogP contribution in [0.2, 0.25) is 0 Å². The summed E-state index contributed by atoms with van der Waals surface area (Å²) in [4.78, 5) is 27.4. The molecule has 1 N–H and O–H groups in total. The molecule has 2 aromatic heterocycles. The van der Waals surface area contributed by atoms with Gasteiger partial charge in [-0.05, 0) is 6.92 Å². The SMILES string of the molecule is Cc1c(O)c2c(=O)n(C)cnc2n(C)c1=O. The van der Waals surface area contributed by atoms with Crippen LogP contribution in [0.25, 0.3) is 11.0 Å². The predicted octanol–water partition coefficient (Wildman–Crippen LogP) is -0.354. The number of rotatable bonds is 0. The highest BCUT2D eigenvalue weighted by Crippen LogP contribution is 2.19. The average molecular weight is 221 g/mol. The molecular weight excluding hydrogens is 210 g/mol. The Labute approximate surface area is 90.4 Å². The molecule has 0 radical (unpaired) electrons. The van der Waals surface area contributed by atoms with Crippen molar-refractivity contribution in [3.8, 4) is 5.75 Å². The fourth-order valence-corrected chi connectivity index (χ4v) is 1.63. The molecule has 0 saturated heterocycles. The first-order valence-electron chi connectivity index (χ1n) is 4.69. The van der Waals surface area contributed by atoms with Crippen LogP contribution in [-0.4, -0.2) is 19.2 Å². The van der Waals surface area contributed by atoms with E-state index in [1.165, 1.54) is 36.5 Å². The Morgan fingerprint density at radius 1 is 1.25 bits per heavy atom. The number of fused-ring (bicyclic) bond motifs is 1. The fraction of sp³-hybridized carbons (Fsp3) is 0.300. The molecular formula is C10H11N3O3. The van der Waals surface area contributed by atoms with Gasteiger partial charge in [0, 0.05) is 14.1 Å². The Bertz CT molecular complexity index is 697. The normalized spacial score (nSPS) is 10.9. The molecule has 0 aliphatic carbocycles. The van der Waals surface area contributed by atoms with Gasteiger partial charge in [-0.15, -0.1) is 0 Å². The molecule has 6 heteroatoms. The van der Waals surface area contributed by atoms with Crippen molar-refractivity contribution in [2.45, 2.75) is 6.92 Å². The van der Waals surface area contributed by atoms with E-state index in [1.807, 2.05) is 0 Å². The van der Waals surface area contributed by atoms with Crippen LogP contribution in [0.3, 0.4) is 0 Å². The van der Waals surface area contributed by atoms with Gasteiger partial charge in [-0.1, -0.05) is 0 Å². The Morgan fingerprint density at radius 2 is 1.88 bits per heavy atom. The van der Waals surface area contributed by atoms with Crippen LogP contribution in [0.5, 0.6) is 5.75 Å². The zero-order chi connectivity index (χ0) is 12.0. The summed E-state index contributed by atoms with van der Waals surface area (Å²) < 4.78 is 2.51. The van der Waals surface area contributed by atoms with Gasteiger partial charge in [0.2, 0.25) is 0 Å². The van der Waals surface area contributed by atoms with Crippen LogP contribution in [0.4, 0.5) is 0 Å². The van der Waals surface area contributed by atoms with Crippen molar-refractivity contribution in [1.29, 1.82) is 0 Å². The summed E-state index contributed by atoms with van der Waals surface area (Å²) in [5.41, 5.74) is -0.386. The van der Waals surface area contributed by atoms with E-state index < -0.39 is 0 Å². The standard InChI is InChI=1S/C10H11N3O3/c1-5-7(14)6-8(13(3)9(5)15)11-4-12(2)10(6)16/h4,14H,1-3H3. The van der Waals surface area contributed by atoms with Gasteiger partial charge < -0.3 is 9.67 Å². The molecule has 0 aromatic carbocycles. The molecule has 0 amide bonds. The summed E-state index contributed by atoms with van der Waals surface area (Å²) in [6.45, 7) is 1.48. The minimum atomic E-state index is -0.374. The van der Waals surface area contributed by atoms with Gasteiger partial charge in [0.1, 0.15) is 11.1 Å². The molecule has 0 atom stereocenters. The highest BCUT2D eigenvalue weighted by molar-refractivity contribution is 5.82. The summed E-state index contributed by atoms with van der Waals surface area (Å²) in [5.74, 6) is -0.285. The first-order chi connectivity index (χ1) is 7.45. The van der Waals surface area contributed by atoms with Crippen LogP contribution >= 0.6 is 0 Å². The van der Waals surface area contributed by atoms with E-state index in [0.29, 0.717) is 0 Å². The maximum atomic E-state index is 11.8. The van der Waals surface area contributed by atoms with Crippen molar-refractivity contribution in [2.24, 2.45) is 14.1 Å². The van der Waals surface area contributed by atoms with Gasteiger partial charge in [-0.25, -0.2) is 4.98 Å². The van der Waals surface area contributed by atoms with E-state index in [2.05, 4.69) is 4.98 Å². The highest BCUT2D eigenvalue weighted by atomic mass is 16.3. The molecule has 0 fully saturated rings. The zero-order valence-electron chi connectivity index (χ0n) is 9.18. The molecule has 0 saturated carbocycles. The van der Waals surface area contributed by atoms with E-state index in [1.54, 1.807) is 0 Å². The first-order valence-corrected chi connectivity index (χ1v) is 4.69. The maximum Gasteiger partial charge on any atom is 0.266 e. The Balaban J connectivity index is 3.22. The average Bonchev–Trinajstić information content (AvgIpc) is 2.27. The highest BCUT2D eigenvalue weighted by Gasteiger charge is 2.15. The fourth-order valence-electron chi connectivity index (χ4n) is 1.63. The minimum absolute atomic E-state index is 0.0737. The number of aromatic hydroxyl groups is 1. The number of pyridine rings is 1. The summed E-state index contributed by atoms with van der Waals surface area (Å²) in [6, 6.07) is 0. The lowest BCUT2D eigenvalue weighted by atomic mass is 10.2. The van der Waals surface area contributed by atoms with Crippen LogP contribution in [-0.2, 0) is 14.1 Å². The van der Waals surface area contributed by atoms with Crippen molar-refractivity contribution >= 4 is 11.0 Å². The van der Waals surface area contributed by atoms with E-state index >= 15 is 0 Å². The Hall–Kier alpha value is -2.11. The second-order valence-corrected chi connectivity index (χ2v) is 3.70. The zero-order valence-corrected chi connectivity index (χ0v) is 9.18. The van der Waals surface area contributed by atoms with Crippen LogP contribution in [0.15, 0.2) is 15.9 Å². The lowest BCUT2D eigenvalue weighted by Gasteiger charge is -2.08. The smallest absolute Gasteiger partial charge is 0.266 e. The summed E-state index contributed by atoms with van der Waals surface area (Å²) in [6.07, 6.45) is 1.32.